The molecule has 2 heterocycles. The minimum Gasteiger partial charge on any atom is -0.491 e. The fourth-order valence-electron chi connectivity index (χ4n) is 3.62. The summed E-state index contributed by atoms with van der Waals surface area (Å²) < 4.78 is 24.3. The van der Waals surface area contributed by atoms with Crippen molar-refractivity contribution in [2.45, 2.75) is 25.0 Å². The normalized spacial score (nSPS) is 22.4. The van der Waals surface area contributed by atoms with E-state index in [-0.39, 0.29) is 30.5 Å². The molecule has 0 saturated carbocycles. The Labute approximate surface area is 160 Å². The number of carbonyl (C=O) groups is 1. The van der Waals surface area contributed by atoms with Crippen LogP contribution in [-0.4, -0.2) is 92.8 Å². The zero-order chi connectivity index (χ0) is 19.2. The molecule has 2 fully saturated rings. The van der Waals surface area contributed by atoms with Crippen LogP contribution in [0.2, 0.25) is 0 Å². The van der Waals surface area contributed by atoms with Gasteiger partial charge in [0.05, 0.1) is 6.54 Å². The van der Waals surface area contributed by atoms with Crippen LogP contribution in [0.1, 0.15) is 12.8 Å². The fourth-order valence-corrected chi connectivity index (χ4v) is 3.62. The Bertz CT molecular complexity index is 603. The van der Waals surface area contributed by atoms with E-state index in [0.717, 1.165) is 39.0 Å². The van der Waals surface area contributed by atoms with Gasteiger partial charge < -0.3 is 24.2 Å². The zero-order valence-electron chi connectivity index (χ0n) is 16.3. The Morgan fingerprint density at radius 1 is 1.22 bits per heavy atom. The summed E-state index contributed by atoms with van der Waals surface area (Å²) in [4.78, 5) is 19.0. The number of nitrogens with zero attached hydrogens (tertiary/aromatic N) is 3. The number of hydrogen-bond donors (Lipinski definition) is 0. The number of carbonyl (C=O) groups excluding carboxylic acids is 1. The first-order valence-electron chi connectivity index (χ1n) is 9.68. The predicted octanol–water partition coefficient (Wildman–Crippen LogP) is 1.46. The molecule has 0 aliphatic carbocycles. The zero-order valence-corrected chi connectivity index (χ0v) is 16.3. The van der Waals surface area contributed by atoms with E-state index in [1.54, 1.807) is 12.1 Å². The van der Waals surface area contributed by atoms with Gasteiger partial charge in [0, 0.05) is 32.2 Å². The average molecular weight is 379 g/mol. The van der Waals surface area contributed by atoms with Gasteiger partial charge >= 0.3 is 0 Å². The maximum atomic E-state index is 13.0. The van der Waals surface area contributed by atoms with E-state index in [9.17, 15) is 9.18 Å². The highest BCUT2D eigenvalue weighted by Gasteiger charge is 2.33. The van der Waals surface area contributed by atoms with Gasteiger partial charge in [0.25, 0.3) is 0 Å². The van der Waals surface area contributed by atoms with Crippen molar-refractivity contribution in [3.8, 4) is 5.75 Å². The Hall–Kier alpha value is -1.70. The van der Waals surface area contributed by atoms with E-state index < -0.39 is 0 Å². The first-order chi connectivity index (χ1) is 13.0. The van der Waals surface area contributed by atoms with Crippen LogP contribution in [0.5, 0.6) is 5.75 Å². The van der Waals surface area contributed by atoms with Crippen LogP contribution >= 0.6 is 0 Å². The summed E-state index contributed by atoms with van der Waals surface area (Å²) in [7, 11) is 4.18. The molecule has 2 aliphatic rings. The highest BCUT2D eigenvalue weighted by atomic mass is 19.1. The van der Waals surface area contributed by atoms with E-state index in [2.05, 4.69) is 23.9 Å². The Kier molecular flexibility index (Phi) is 7.04. The summed E-state index contributed by atoms with van der Waals surface area (Å²) >= 11 is 0. The number of likely N-dealkylation sites (N-methyl/N-ethyl adjacent to an activating group) is 1. The van der Waals surface area contributed by atoms with Crippen LogP contribution in [0.4, 0.5) is 4.39 Å². The topological polar surface area (TPSA) is 45.2 Å². The SMILES string of the molecule is CN(C)CCN1CCC(N2CC(COc3ccc(F)cc3)OCC2=O)CC1. The van der Waals surface area contributed by atoms with Gasteiger partial charge in [-0.1, -0.05) is 0 Å². The first kappa shape index (κ1) is 20.0. The molecule has 6 nitrogen and oxygen atoms in total. The summed E-state index contributed by atoms with van der Waals surface area (Å²) in [5.74, 6) is 0.391. The number of benzene rings is 1. The fraction of sp³-hybridized carbons (Fsp3) is 0.650. The highest BCUT2D eigenvalue weighted by Crippen LogP contribution is 2.21. The van der Waals surface area contributed by atoms with Crippen molar-refractivity contribution in [2.24, 2.45) is 0 Å². The minimum atomic E-state index is -0.287. The molecule has 1 aromatic rings. The van der Waals surface area contributed by atoms with Gasteiger partial charge in [0.2, 0.25) is 5.91 Å². The number of rotatable bonds is 7. The Morgan fingerprint density at radius 2 is 1.93 bits per heavy atom. The van der Waals surface area contributed by atoms with Crippen molar-refractivity contribution in [1.82, 2.24) is 14.7 Å². The second kappa shape index (κ2) is 9.48. The van der Waals surface area contributed by atoms with Crippen LogP contribution in [0, 0.1) is 5.82 Å². The molecular formula is C20H30FN3O3. The van der Waals surface area contributed by atoms with E-state index in [4.69, 9.17) is 9.47 Å². The molecule has 0 N–H and O–H groups in total. The van der Waals surface area contributed by atoms with Gasteiger partial charge in [-0.25, -0.2) is 4.39 Å². The third kappa shape index (κ3) is 5.89. The van der Waals surface area contributed by atoms with Gasteiger partial charge in [-0.15, -0.1) is 0 Å². The molecule has 1 atom stereocenters. The van der Waals surface area contributed by atoms with E-state index in [0.29, 0.717) is 18.9 Å². The van der Waals surface area contributed by atoms with Crippen molar-refractivity contribution in [1.29, 1.82) is 0 Å². The monoisotopic (exact) mass is 379 g/mol. The lowest BCUT2D eigenvalue weighted by atomic mass is 10.0. The second-order valence-electron chi connectivity index (χ2n) is 7.62. The molecule has 0 bridgehead atoms. The van der Waals surface area contributed by atoms with Crippen LogP contribution in [-0.2, 0) is 9.53 Å². The maximum Gasteiger partial charge on any atom is 0.248 e. The van der Waals surface area contributed by atoms with E-state index in [1.807, 2.05) is 4.90 Å². The lowest BCUT2D eigenvalue weighted by molar-refractivity contribution is -0.155. The van der Waals surface area contributed by atoms with Crippen molar-refractivity contribution in [3.05, 3.63) is 30.1 Å². The molecule has 0 radical (unpaired) electrons. The van der Waals surface area contributed by atoms with Gasteiger partial charge in [-0.3, -0.25) is 4.79 Å². The molecule has 2 saturated heterocycles. The lowest BCUT2D eigenvalue weighted by Crippen LogP contribution is -2.55. The summed E-state index contributed by atoms with van der Waals surface area (Å²) in [5, 5.41) is 0. The number of halogens is 1. The van der Waals surface area contributed by atoms with E-state index >= 15 is 0 Å². The maximum absolute atomic E-state index is 13.0. The minimum absolute atomic E-state index is 0.0692. The molecule has 0 spiro atoms. The predicted molar refractivity (Wildman–Crippen MR) is 101 cm³/mol. The molecule has 1 unspecified atom stereocenters. The summed E-state index contributed by atoms with van der Waals surface area (Å²) in [6, 6.07) is 6.23. The molecule has 2 aliphatic heterocycles. The Balaban J connectivity index is 1.46. The summed E-state index contributed by atoms with van der Waals surface area (Å²) in [6.07, 6.45) is 1.86. The van der Waals surface area contributed by atoms with Gasteiger partial charge in [-0.05, 0) is 51.2 Å². The summed E-state index contributed by atoms with van der Waals surface area (Å²) in [6.45, 7) is 5.21. The smallest absolute Gasteiger partial charge is 0.248 e. The Morgan fingerprint density at radius 3 is 2.59 bits per heavy atom. The van der Waals surface area contributed by atoms with Crippen LogP contribution in [0.25, 0.3) is 0 Å². The van der Waals surface area contributed by atoms with E-state index in [1.165, 1.54) is 12.1 Å². The van der Waals surface area contributed by atoms with Gasteiger partial charge in [0.15, 0.2) is 0 Å². The van der Waals surface area contributed by atoms with Gasteiger partial charge in [-0.2, -0.15) is 0 Å². The third-order valence-electron chi connectivity index (χ3n) is 5.27. The molecule has 150 valence electrons. The number of hydrogen-bond acceptors (Lipinski definition) is 5. The lowest BCUT2D eigenvalue weighted by Gasteiger charge is -2.42. The molecular weight excluding hydrogens is 349 g/mol. The molecule has 3 rings (SSSR count). The number of ether oxygens (including phenoxy) is 2. The van der Waals surface area contributed by atoms with Crippen LogP contribution in [0.15, 0.2) is 24.3 Å². The number of morpholine rings is 1. The quantitative estimate of drug-likeness (QED) is 0.718. The van der Waals surface area contributed by atoms with Gasteiger partial charge in [0.1, 0.15) is 30.9 Å². The molecule has 1 amide bonds. The van der Waals surface area contributed by atoms with Crippen LogP contribution < -0.4 is 4.74 Å². The summed E-state index contributed by atoms with van der Waals surface area (Å²) in [5.41, 5.74) is 0. The standard InChI is InChI=1S/C20H30FN3O3/c1-22(2)11-12-23-9-7-17(8-10-23)24-13-19(27-15-20(24)25)14-26-18-5-3-16(21)4-6-18/h3-6,17,19H,7-15H2,1-2H3. The molecule has 27 heavy (non-hydrogen) atoms. The van der Waals surface area contributed by atoms with Crippen molar-refractivity contribution < 1.29 is 18.7 Å². The average Bonchev–Trinajstić information content (AvgIpc) is 2.67. The number of piperidine rings is 1. The van der Waals surface area contributed by atoms with Crippen molar-refractivity contribution in [3.63, 3.8) is 0 Å². The van der Waals surface area contributed by atoms with Crippen molar-refractivity contribution in [2.75, 3.05) is 60.0 Å². The molecule has 7 heteroatoms. The second-order valence-corrected chi connectivity index (χ2v) is 7.62. The third-order valence-corrected chi connectivity index (χ3v) is 5.27. The van der Waals surface area contributed by atoms with Crippen molar-refractivity contribution >= 4 is 5.91 Å². The largest absolute Gasteiger partial charge is 0.491 e. The molecule has 0 aromatic heterocycles. The number of amides is 1. The van der Waals surface area contributed by atoms with Crippen LogP contribution in [0.3, 0.4) is 0 Å². The highest BCUT2D eigenvalue weighted by molar-refractivity contribution is 5.78. The first-order valence-corrected chi connectivity index (χ1v) is 9.68. The molecule has 1 aromatic carbocycles. The number of likely N-dealkylation sites (tertiary alicyclic amines) is 1.